The van der Waals surface area contributed by atoms with E-state index in [4.69, 9.17) is 9.97 Å². The predicted molar refractivity (Wildman–Crippen MR) is 172 cm³/mol. The molecule has 3 aromatic heterocycles. The summed E-state index contributed by atoms with van der Waals surface area (Å²) in [5, 5.41) is 3.66. The van der Waals surface area contributed by atoms with Crippen molar-refractivity contribution in [1.29, 1.82) is 0 Å². The molecule has 194 valence electrons. The summed E-state index contributed by atoms with van der Waals surface area (Å²) in [4.78, 5) is 10.6. The third-order valence-corrected chi connectivity index (χ3v) is 9.98. The van der Waals surface area contributed by atoms with Gasteiger partial charge >= 0.3 is 0 Å². The summed E-state index contributed by atoms with van der Waals surface area (Å²) < 4.78 is 4.76. The van der Waals surface area contributed by atoms with E-state index in [0.29, 0.717) is 0 Å². The molecule has 0 saturated heterocycles. The van der Waals surface area contributed by atoms with Gasteiger partial charge in [0.2, 0.25) is 0 Å². The molecule has 0 bridgehead atoms. The van der Waals surface area contributed by atoms with Crippen molar-refractivity contribution in [2.45, 2.75) is 19.3 Å². The number of hydrogen-bond donors (Lipinski definition) is 0. The summed E-state index contributed by atoms with van der Waals surface area (Å²) in [5.74, 6) is 1.69. The first-order valence-corrected chi connectivity index (χ1v) is 14.8. The normalized spacial score (nSPS) is 13.8. The number of thiophene rings is 1. The van der Waals surface area contributed by atoms with Gasteiger partial charge in [-0.25, -0.2) is 9.97 Å². The highest BCUT2D eigenvalue weighted by Crippen LogP contribution is 2.53. The van der Waals surface area contributed by atoms with E-state index in [1.165, 1.54) is 48.6 Å². The molecule has 5 aromatic carbocycles. The molecule has 0 unspecified atom stereocenters. The highest BCUT2D eigenvalue weighted by molar-refractivity contribution is 7.26. The number of benzene rings is 5. The van der Waals surface area contributed by atoms with Gasteiger partial charge in [-0.15, -0.1) is 11.3 Å². The van der Waals surface area contributed by atoms with Gasteiger partial charge in [0.25, 0.3) is 0 Å². The first kappa shape index (κ1) is 23.0. The molecule has 0 radical (unpaired) electrons. The van der Waals surface area contributed by atoms with Crippen molar-refractivity contribution in [2.24, 2.45) is 0 Å². The molecule has 0 spiro atoms. The smallest absolute Gasteiger partial charge is 0.162 e. The van der Waals surface area contributed by atoms with Crippen LogP contribution in [0, 0.1) is 0 Å². The Hall–Kier alpha value is -4.80. The fourth-order valence-electron chi connectivity index (χ4n) is 6.91. The van der Waals surface area contributed by atoms with E-state index < -0.39 is 0 Å². The highest BCUT2D eigenvalue weighted by atomic mass is 32.1. The lowest BCUT2D eigenvalue weighted by Crippen LogP contribution is -2.14. The Kier molecular flexibility index (Phi) is 4.55. The molecular formula is C37H25N3S. The Morgan fingerprint density at radius 3 is 2.24 bits per heavy atom. The summed E-state index contributed by atoms with van der Waals surface area (Å²) in [6, 6.07) is 41.3. The second-order valence-electron chi connectivity index (χ2n) is 11.4. The van der Waals surface area contributed by atoms with E-state index in [0.717, 1.165) is 32.9 Å². The topological polar surface area (TPSA) is 30.7 Å². The number of nitrogens with zero attached hydrogens (tertiary/aromatic N) is 3. The maximum absolute atomic E-state index is 5.39. The molecule has 0 atom stereocenters. The van der Waals surface area contributed by atoms with Gasteiger partial charge in [0.05, 0.1) is 21.3 Å². The quantitative estimate of drug-likeness (QED) is 0.217. The molecule has 0 aliphatic heterocycles. The number of para-hydroxylation sites is 1. The Morgan fingerprint density at radius 1 is 0.634 bits per heavy atom. The van der Waals surface area contributed by atoms with E-state index >= 15 is 0 Å². The average Bonchev–Trinajstić information content (AvgIpc) is 3.63. The van der Waals surface area contributed by atoms with Gasteiger partial charge in [0.15, 0.2) is 11.6 Å². The largest absolute Gasteiger partial charge is 0.292 e. The van der Waals surface area contributed by atoms with Gasteiger partial charge in [-0.1, -0.05) is 117 Å². The summed E-state index contributed by atoms with van der Waals surface area (Å²) in [5.41, 5.74) is 9.68. The third-order valence-electron chi connectivity index (χ3n) is 8.83. The zero-order chi connectivity index (χ0) is 27.3. The first-order valence-electron chi connectivity index (χ1n) is 14.0. The van der Waals surface area contributed by atoms with E-state index in [2.05, 4.69) is 128 Å². The first-order chi connectivity index (χ1) is 20.1. The second kappa shape index (κ2) is 8.12. The van der Waals surface area contributed by atoms with Crippen molar-refractivity contribution >= 4 is 53.4 Å². The van der Waals surface area contributed by atoms with Gasteiger partial charge in [-0.2, -0.15) is 0 Å². The molecule has 3 heterocycles. The highest BCUT2D eigenvalue weighted by Gasteiger charge is 2.37. The molecule has 0 amide bonds. The fourth-order valence-corrected chi connectivity index (χ4v) is 8.03. The number of aromatic nitrogens is 3. The zero-order valence-electron chi connectivity index (χ0n) is 22.7. The minimum atomic E-state index is -0.0881. The van der Waals surface area contributed by atoms with E-state index in [9.17, 15) is 0 Å². The number of rotatable bonds is 2. The van der Waals surface area contributed by atoms with E-state index in [1.54, 1.807) is 11.3 Å². The summed E-state index contributed by atoms with van der Waals surface area (Å²) in [6.45, 7) is 4.69. The van der Waals surface area contributed by atoms with Crippen LogP contribution in [0.3, 0.4) is 0 Å². The van der Waals surface area contributed by atoms with E-state index in [1.807, 2.05) is 6.07 Å². The lowest BCUT2D eigenvalue weighted by atomic mass is 9.82. The van der Waals surface area contributed by atoms with Gasteiger partial charge in [-0.3, -0.25) is 4.57 Å². The van der Waals surface area contributed by atoms with Crippen molar-refractivity contribution in [3.05, 3.63) is 126 Å². The molecule has 3 nitrogen and oxygen atoms in total. The van der Waals surface area contributed by atoms with Crippen molar-refractivity contribution in [2.75, 3.05) is 0 Å². The van der Waals surface area contributed by atoms with Gasteiger partial charge < -0.3 is 0 Å². The van der Waals surface area contributed by atoms with Crippen LogP contribution in [-0.2, 0) is 5.41 Å². The molecule has 9 rings (SSSR count). The maximum Gasteiger partial charge on any atom is 0.162 e. The molecule has 1 aliphatic rings. The predicted octanol–water partition coefficient (Wildman–Crippen LogP) is 9.91. The number of fused-ring (bicyclic) bond motifs is 10. The van der Waals surface area contributed by atoms with E-state index in [-0.39, 0.29) is 5.41 Å². The monoisotopic (exact) mass is 543 g/mol. The summed E-state index contributed by atoms with van der Waals surface area (Å²) in [7, 11) is 0. The Morgan fingerprint density at radius 2 is 1.37 bits per heavy atom. The van der Waals surface area contributed by atoms with Gasteiger partial charge in [0, 0.05) is 37.4 Å². The molecule has 8 aromatic rings. The van der Waals surface area contributed by atoms with Gasteiger partial charge in [0.1, 0.15) is 0 Å². The van der Waals surface area contributed by atoms with Crippen molar-refractivity contribution in [3.63, 3.8) is 0 Å². The van der Waals surface area contributed by atoms with Crippen LogP contribution in [0.2, 0.25) is 0 Å². The zero-order valence-corrected chi connectivity index (χ0v) is 23.5. The van der Waals surface area contributed by atoms with Crippen molar-refractivity contribution in [1.82, 2.24) is 14.5 Å². The van der Waals surface area contributed by atoms with Crippen LogP contribution in [0.25, 0.3) is 70.4 Å². The van der Waals surface area contributed by atoms with Crippen LogP contribution in [0.1, 0.15) is 25.0 Å². The standard InChI is InChI=1S/C37H25N3S/c1-37(2)27-17-9-6-15-25(27)31-28(37)21-20-24-23-14-7-10-18-29(23)40(33(24)31)36-34-32(26-16-8-11-19-30(26)41-34)38-35(39-36)22-12-4-3-5-13-22/h3-21H,1-2H3. The summed E-state index contributed by atoms with van der Waals surface area (Å²) in [6.07, 6.45) is 0. The van der Waals surface area contributed by atoms with Gasteiger partial charge in [-0.05, 0) is 28.8 Å². The lowest BCUT2D eigenvalue weighted by Gasteiger charge is -2.21. The molecule has 4 heteroatoms. The minimum absolute atomic E-state index is 0.0881. The van der Waals surface area contributed by atoms with Crippen LogP contribution in [0.5, 0.6) is 0 Å². The molecule has 0 N–H and O–H groups in total. The van der Waals surface area contributed by atoms with Crippen LogP contribution in [0.4, 0.5) is 0 Å². The van der Waals surface area contributed by atoms with Crippen LogP contribution in [0.15, 0.2) is 115 Å². The SMILES string of the molecule is CC1(C)c2ccccc2-c2c1ccc1c3ccccc3n(-c3nc(-c4ccccc4)nc4c3sc3ccccc34)c21. The van der Waals surface area contributed by atoms with Crippen molar-refractivity contribution in [3.8, 4) is 28.3 Å². The lowest BCUT2D eigenvalue weighted by molar-refractivity contribution is 0.661. The Balaban J connectivity index is 1.51. The molecule has 1 aliphatic carbocycles. The Bertz CT molecular complexity index is 2340. The molecule has 0 fully saturated rings. The van der Waals surface area contributed by atoms with Crippen molar-refractivity contribution < 1.29 is 0 Å². The van der Waals surface area contributed by atoms with Crippen LogP contribution in [-0.4, -0.2) is 14.5 Å². The molecule has 41 heavy (non-hydrogen) atoms. The van der Waals surface area contributed by atoms with Crippen LogP contribution >= 0.6 is 11.3 Å². The maximum atomic E-state index is 5.39. The Labute approximate surface area is 241 Å². The average molecular weight is 544 g/mol. The second-order valence-corrected chi connectivity index (χ2v) is 12.5. The summed E-state index contributed by atoms with van der Waals surface area (Å²) >= 11 is 1.78. The molecule has 0 saturated carbocycles. The minimum Gasteiger partial charge on any atom is -0.292 e. The number of hydrogen-bond acceptors (Lipinski definition) is 3. The third kappa shape index (κ3) is 3.03. The molecular weight excluding hydrogens is 518 g/mol. The van der Waals surface area contributed by atoms with Crippen LogP contribution < -0.4 is 0 Å². The fraction of sp³-hybridized carbons (Fsp3) is 0.0811.